The molecular weight excluding hydrogens is 233 g/mol. The summed E-state index contributed by atoms with van der Waals surface area (Å²) in [5.74, 6) is -1.29. The molecule has 6 atom stereocenters. The van der Waals surface area contributed by atoms with E-state index in [1.807, 2.05) is 13.8 Å². The van der Waals surface area contributed by atoms with Crippen molar-refractivity contribution in [2.24, 2.45) is 23.7 Å². The van der Waals surface area contributed by atoms with Crippen LogP contribution in [0.4, 0.5) is 13.2 Å². The lowest BCUT2D eigenvalue weighted by Crippen LogP contribution is -2.42. The first kappa shape index (κ1) is 13.1. The Labute approximate surface area is 99.1 Å². The maximum absolute atomic E-state index is 12.8. The zero-order valence-corrected chi connectivity index (χ0v) is 10.1. The summed E-state index contributed by atoms with van der Waals surface area (Å²) in [6.07, 6.45) is -4.42. The highest BCUT2D eigenvalue weighted by Crippen LogP contribution is 2.50. The van der Waals surface area contributed by atoms with E-state index in [-0.39, 0.29) is 49.4 Å². The standard InChI is InChI=1S/C12H19F3O2/c1-6-7(2)17-10-4-9(12(13,14)15)3-8(5-16)11(6)10/h6-11,16H,3-5H2,1-2H3/t6-,7-,8+,9+,10+,11-/m0/s1. The van der Waals surface area contributed by atoms with Crippen LogP contribution < -0.4 is 0 Å². The summed E-state index contributed by atoms with van der Waals surface area (Å²) in [5, 5.41) is 9.30. The second-order valence-corrected chi connectivity index (χ2v) is 5.47. The zero-order valence-electron chi connectivity index (χ0n) is 10.1. The first-order chi connectivity index (χ1) is 7.84. The Morgan fingerprint density at radius 2 is 1.88 bits per heavy atom. The van der Waals surface area contributed by atoms with Crippen molar-refractivity contribution in [2.45, 2.75) is 45.1 Å². The quantitative estimate of drug-likeness (QED) is 0.777. The van der Waals surface area contributed by atoms with Crippen LogP contribution in [0.5, 0.6) is 0 Å². The van der Waals surface area contributed by atoms with Crippen LogP contribution >= 0.6 is 0 Å². The van der Waals surface area contributed by atoms with E-state index >= 15 is 0 Å². The number of aliphatic hydroxyl groups is 1. The SMILES string of the molecule is C[C@@H]1[C@H]2[C@@H](CO)C[C@@H](C(F)(F)F)C[C@H]2O[C@H]1C. The molecule has 1 N–H and O–H groups in total. The van der Waals surface area contributed by atoms with Crippen molar-refractivity contribution >= 4 is 0 Å². The summed E-state index contributed by atoms with van der Waals surface area (Å²) in [6.45, 7) is 3.74. The fourth-order valence-corrected chi connectivity index (χ4v) is 3.45. The van der Waals surface area contributed by atoms with Crippen molar-refractivity contribution in [1.82, 2.24) is 0 Å². The third-order valence-corrected chi connectivity index (χ3v) is 4.51. The normalized spacial score (nSPS) is 46.9. The van der Waals surface area contributed by atoms with E-state index < -0.39 is 12.1 Å². The highest BCUT2D eigenvalue weighted by molar-refractivity contribution is 4.96. The summed E-state index contributed by atoms with van der Waals surface area (Å²) in [6, 6.07) is 0. The van der Waals surface area contributed by atoms with E-state index in [1.165, 1.54) is 0 Å². The first-order valence-corrected chi connectivity index (χ1v) is 6.17. The van der Waals surface area contributed by atoms with Gasteiger partial charge in [-0.25, -0.2) is 0 Å². The highest BCUT2D eigenvalue weighted by Gasteiger charge is 2.53. The van der Waals surface area contributed by atoms with Gasteiger partial charge in [-0.3, -0.25) is 0 Å². The molecule has 0 unspecified atom stereocenters. The molecule has 0 aromatic heterocycles. The predicted octanol–water partition coefficient (Wildman–Crippen LogP) is 2.61. The van der Waals surface area contributed by atoms with E-state index in [0.717, 1.165) is 0 Å². The molecule has 1 saturated heterocycles. The molecule has 2 rings (SSSR count). The molecule has 2 nitrogen and oxygen atoms in total. The molecule has 0 aromatic rings. The topological polar surface area (TPSA) is 29.5 Å². The van der Waals surface area contributed by atoms with E-state index in [4.69, 9.17) is 4.74 Å². The Kier molecular flexibility index (Phi) is 3.42. The maximum atomic E-state index is 12.8. The van der Waals surface area contributed by atoms with Crippen LogP contribution in [0.25, 0.3) is 0 Å². The molecular formula is C12H19F3O2. The van der Waals surface area contributed by atoms with Gasteiger partial charge in [0.2, 0.25) is 0 Å². The van der Waals surface area contributed by atoms with Crippen molar-refractivity contribution in [3.63, 3.8) is 0 Å². The average molecular weight is 252 g/mol. The van der Waals surface area contributed by atoms with Crippen molar-refractivity contribution in [3.05, 3.63) is 0 Å². The molecule has 1 aliphatic carbocycles. The lowest BCUT2D eigenvalue weighted by atomic mass is 9.68. The third-order valence-electron chi connectivity index (χ3n) is 4.51. The largest absolute Gasteiger partial charge is 0.396 e. The molecule has 0 bridgehead atoms. The van der Waals surface area contributed by atoms with Crippen molar-refractivity contribution in [2.75, 3.05) is 6.61 Å². The monoisotopic (exact) mass is 252 g/mol. The lowest BCUT2D eigenvalue weighted by molar-refractivity contribution is -0.201. The number of hydrogen-bond donors (Lipinski definition) is 1. The smallest absolute Gasteiger partial charge is 0.391 e. The van der Waals surface area contributed by atoms with Crippen LogP contribution in [0.2, 0.25) is 0 Å². The minimum atomic E-state index is -4.17. The minimum Gasteiger partial charge on any atom is -0.396 e. The molecule has 0 radical (unpaired) electrons. The van der Waals surface area contributed by atoms with Crippen LogP contribution in [0.3, 0.4) is 0 Å². The minimum absolute atomic E-state index is 0.00830. The average Bonchev–Trinajstić information content (AvgIpc) is 2.52. The van der Waals surface area contributed by atoms with Gasteiger partial charge in [0, 0.05) is 6.61 Å². The number of fused-ring (bicyclic) bond motifs is 1. The number of hydrogen-bond acceptors (Lipinski definition) is 2. The predicted molar refractivity (Wildman–Crippen MR) is 56.3 cm³/mol. The molecule has 2 aliphatic rings. The molecule has 1 saturated carbocycles. The molecule has 1 aliphatic heterocycles. The number of alkyl halides is 3. The van der Waals surface area contributed by atoms with Gasteiger partial charge in [0.05, 0.1) is 18.1 Å². The van der Waals surface area contributed by atoms with Crippen molar-refractivity contribution in [3.8, 4) is 0 Å². The van der Waals surface area contributed by atoms with Gasteiger partial charge >= 0.3 is 6.18 Å². The Bertz CT molecular complexity index is 271. The van der Waals surface area contributed by atoms with Crippen molar-refractivity contribution < 1.29 is 23.0 Å². The highest BCUT2D eigenvalue weighted by atomic mass is 19.4. The van der Waals surface area contributed by atoms with E-state index in [1.54, 1.807) is 0 Å². The Balaban J connectivity index is 2.16. The van der Waals surface area contributed by atoms with E-state index in [0.29, 0.717) is 0 Å². The number of aliphatic hydroxyl groups excluding tert-OH is 1. The van der Waals surface area contributed by atoms with Crippen LogP contribution in [0, 0.1) is 23.7 Å². The summed E-state index contributed by atoms with van der Waals surface area (Å²) in [7, 11) is 0. The van der Waals surface area contributed by atoms with Gasteiger partial charge < -0.3 is 9.84 Å². The van der Waals surface area contributed by atoms with Crippen LogP contribution in [-0.2, 0) is 4.74 Å². The van der Waals surface area contributed by atoms with E-state index in [9.17, 15) is 18.3 Å². The summed E-state index contributed by atoms with van der Waals surface area (Å²) in [5.41, 5.74) is 0. The molecule has 5 heteroatoms. The molecule has 1 heterocycles. The van der Waals surface area contributed by atoms with Gasteiger partial charge in [0.1, 0.15) is 0 Å². The summed E-state index contributed by atoms with van der Waals surface area (Å²) >= 11 is 0. The van der Waals surface area contributed by atoms with Gasteiger partial charge in [-0.05, 0) is 37.5 Å². The first-order valence-electron chi connectivity index (χ1n) is 6.17. The lowest BCUT2D eigenvalue weighted by Gasteiger charge is -2.38. The number of halogens is 3. The summed E-state index contributed by atoms with van der Waals surface area (Å²) < 4.78 is 43.9. The summed E-state index contributed by atoms with van der Waals surface area (Å²) in [4.78, 5) is 0. The molecule has 100 valence electrons. The van der Waals surface area contributed by atoms with Gasteiger partial charge in [0.25, 0.3) is 0 Å². The second-order valence-electron chi connectivity index (χ2n) is 5.47. The number of rotatable bonds is 1. The van der Waals surface area contributed by atoms with Crippen LogP contribution in [0.1, 0.15) is 26.7 Å². The van der Waals surface area contributed by atoms with Gasteiger partial charge in [-0.2, -0.15) is 13.2 Å². The fourth-order valence-electron chi connectivity index (χ4n) is 3.45. The van der Waals surface area contributed by atoms with E-state index in [2.05, 4.69) is 0 Å². The number of ether oxygens (including phenoxy) is 1. The Morgan fingerprint density at radius 3 is 2.41 bits per heavy atom. The van der Waals surface area contributed by atoms with Gasteiger partial charge in [-0.15, -0.1) is 0 Å². The molecule has 0 spiro atoms. The van der Waals surface area contributed by atoms with Gasteiger partial charge in [-0.1, -0.05) is 6.92 Å². The molecule has 2 fully saturated rings. The molecule has 0 aromatic carbocycles. The molecule has 0 amide bonds. The van der Waals surface area contributed by atoms with Gasteiger partial charge in [0.15, 0.2) is 0 Å². The third kappa shape index (κ3) is 2.32. The Morgan fingerprint density at radius 1 is 1.24 bits per heavy atom. The second kappa shape index (κ2) is 4.43. The van der Waals surface area contributed by atoms with Crippen molar-refractivity contribution in [1.29, 1.82) is 0 Å². The van der Waals surface area contributed by atoms with Crippen LogP contribution in [-0.4, -0.2) is 30.1 Å². The fraction of sp³-hybridized carbons (Fsp3) is 1.00. The van der Waals surface area contributed by atoms with Crippen LogP contribution in [0.15, 0.2) is 0 Å². The maximum Gasteiger partial charge on any atom is 0.391 e. The Hall–Kier alpha value is -0.290. The molecule has 17 heavy (non-hydrogen) atoms. The zero-order chi connectivity index (χ0) is 12.8.